The van der Waals surface area contributed by atoms with Crippen molar-refractivity contribution in [2.45, 2.75) is 32.5 Å². The number of alkyl halides is 3. The average molecular weight is 302 g/mol. The third-order valence-electron chi connectivity index (χ3n) is 3.68. The second-order valence-corrected chi connectivity index (χ2v) is 5.11. The first kappa shape index (κ1) is 15.6. The quantitative estimate of drug-likeness (QED) is 0.842. The van der Waals surface area contributed by atoms with Crippen molar-refractivity contribution in [1.29, 1.82) is 0 Å². The molecule has 4 nitrogen and oxygen atoms in total. The van der Waals surface area contributed by atoms with Crippen molar-refractivity contribution in [1.82, 2.24) is 9.88 Å². The Labute approximate surface area is 120 Å². The standard InChI is InChI=1S/C14H17F3N2O2/c1-10-11(3-2-6-18-10)9-21-13(20)19-7-4-12(5-8-19)14(15,16)17/h2-3,6,12H,4-5,7-9H2,1H3. The largest absolute Gasteiger partial charge is 0.444 e. The van der Waals surface area contributed by atoms with Crippen molar-refractivity contribution >= 4 is 6.09 Å². The number of amides is 1. The van der Waals surface area contributed by atoms with Crippen molar-refractivity contribution in [3.8, 4) is 0 Å². The Bertz CT molecular complexity index is 497. The molecule has 0 unspecified atom stereocenters. The van der Waals surface area contributed by atoms with Crippen LogP contribution in [0, 0.1) is 12.8 Å². The molecule has 21 heavy (non-hydrogen) atoms. The molecule has 0 bridgehead atoms. The van der Waals surface area contributed by atoms with Gasteiger partial charge in [-0.3, -0.25) is 4.98 Å². The van der Waals surface area contributed by atoms with E-state index in [1.807, 2.05) is 0 Å². The highest BCUT2D eigenvalue weighted by atomic mass is 19.4. The number of likely N-dealkylation sites (tertiary alicyclic amines) is 1. The second kappa shape index (κ2) is 6.32. The normalized spacial score (nSPS) is 16.9. The topological polar surface area (TPSA) is 42.4 Å². The SMILES string of the molecule is Cc1ncccc1COC(=O)N1CCC(C(F)(F)F)CC1. The van der Waals surface area contributed by atoms with Gasteiger partial charge in [-0.15, -0.1) is 0 Å². The summed E-state index contributed by atoms with van der Waals surface area (Å²) < 4.78 is 42.8. The van der Waals surface area contributed by atoms with Gasteiger partial charge in [0.15, 0.2) is 0 Å². The Hall–Kier alpha value is -1.79. The molecule has 0 atom stereocenters. The van der Waals surface area contributed by atoms with E-state index in [2.05, 4.69) is 4.98 Å². The van der Waals surface area contributed by atoms with Crippen LogP contribution in [0.4, 0.5) is 18.0 Å². The molecule has 1 fully saturated rings. The van der Waals surface area contributed by atoms with E-state index in [0.29, 0.717) is 0 Å². The van der Waals surface area contributed by atoms with Crippen molar-refractivity contribution < 1.29 is 22.7 Å². The van der Waals surface area contributed by atoms with Crippen LogP contribution >= 0.6 is 0 Å². The van der Waals surface area contributed by atoms with E-state index in [1.54, 1.807) is 25.3 Å². The molecule has 0 radical (unpaired) electrons. The molecule has 1 saturated heterocycles. The van der Waals surface area contributed by atoms with E-state index >= 15 is 0 Å². The van der Waals surface area contributed by atoms with Crippen LogP contribution in [0.3, 0.4) is 0 Å². The van der Waals surface area contributed by atoms with Crippen molar-refractivity contribution in [2.75, 3.05) is 13.1 Å². The molecule has 1 aliphatic heterocycles. The van der Waals surface area contributed by atoms with E-state index in [0.717, 1.165) is 11.3 Å². The number of hydrogen-bond acceptors (Lipinski definition) is 3. The van der Waals surface area contributed by atoms with Crippen LogP contribution in [0.15, 0.2) is 18.3 Å². The second-order valence-electron chi connectivity index (χ2n) is 5.11. The van der Waals surface area contributed by atoms with Gasteiger partial charge < -0.3 is 9.64 Å². The number of rotatable bonds is 2. The zero-order valence-corrected chi connectivity index (χ0v) is 11.7. The first-order chi connectivity index (χ1) is 9.88. The lowest BCUT2D eigenvalue weighted by atomic mass is 9.97. The van der Waals surface area contributed by atoms with Gasteiger partial charge in [-0.05, 0) is 25.8 Å². The predicted octanol–water partition coefficient (Wildman–Crippen LogP) is 3.30. The maximum absolute atomic E-state index is 12.5. The van der Waals surface area contributed by atoms with Gasteiger partial charge >= 0.3 is 12.3 Å². The average Bonchev–Trinajstić information content (AvgIpc) is 2.45. The highest BCUT2D eigenvalue weighted by Crippen LogP contribution is 2.34. The van der Waals surface area contributed by atoms with E-state index in [1.165, 1.54) is 4.90 Å². The number of piperidine rings is 1. The summed E-state index contributed by atoms with van der Waals surface area (Å²) in [6.07, 6.45) is -3.24. The summed E-state index contributed by atoms with van der Waals surface area (Å²) >= 11 is 0. The molecular weight excluding hydrogens is 285 g/mol. The lowest BCUT2D eigenvalue weighted by molar-refractivity contribution is -0.184. The van der Waals surface area contributed by atoms with Gasteiger partial charge in [0.05, 0.1) is 5.92 Å². The Morgan fingerprint density at radius 2 is 2.10 bits per heavy atom. The van der Waals surface area contributed by atoms with Crippen LogP contribution in [0.2, 0.25) is 0 Å². The summed E-state index contributed by atoms with van der Waals surface area (Å²) in [5, 5.41) is 0. The lowest BCUT2D eigenvalue weighted by Crippen LogP contribution is -2.42. The molecule has 1 amide bonds. The Morgan fingerprint density at radius 3 is 2.67 bits per heavy atom. The fraction of sp³-hybridized carbons (Fsp3) is 0.571. The van der Waals surface area contributed by atoms with E-state index in [9.17, 15) is 18.0 Å². The monoisotopic (exact) mass is 302 g/mol. The summed E-state index contributed by atoms with van der Waals surface area (Å²) in [5.74, 6) is -1.32. The fourth-order valence-electron chi connectivity index (χ4n) is 2.29. The number of nitrogens with zero attached hydrogens (tertiary/aromatic N) is 2. The van der Waals surface area contributed by atoms with Gasteiger partial charge in [-0.1, -0.05) is 6.07 Å². The molecule has 1 aromatic rings. The molecular formula is C14H17F3N2O2. The van der Waals surface area contributed by atoms with Crippen molar-refractivity contribution in [3.05, 3.63) is 29.6 Å². The number of aryl methyl sites for hydroxylation is 1. The van der Waals surface area contributed by atoms with Crippen LogP contribution < -0.4 is 0 Å². The minimum Gasteiger partial charge on any atom is -0.444 e. The summed E-state index contributed by atoms with van der Waals surface area (Å²) in [6.45, 7) is 2.04. The smallest absolute Gasteiger partial charge is 0.410 e. The zero-order valence-electron chi connectivity index (χ0n) is 11.7. The number of halogens is 3. The molecule has 116 valence electrons. The third kappa shape index (κ3) is 4.09. The lowest BCUT2D eigenvalue weighted by Gasteiger charge is -2.32. The van der Waals surface area contributed by atoms with Crippen LogP contribution in [0.25, 0.3) is 0 Å². The Balaban J connectivity index is 1.82. The summed E-state index contributed by atoms with van der Waals surface area (Å²) in [5.41, 5.74) is 1.55. The number of pyridine rings is 1. The van der Waals surface area contributed by atoms with Gasteiger partial charge in [0.1, 0.15) is 6.61 Å². The van der Waals surface area contributed by atoms with Crippen LogP contribution in [-0.2, 0) is 11.3 Å². The fourth-order valence-corrected chi connectivity index (χ4v) is 2.29. The van der Waals surface area contributed by atoms with Crippen LogP contribution in [-0.4, -0.2) is 35.2 Å². The Morgan fingerprint density at radius 1 is 1.43 bits per heavy atom. The zero-order chi connectivity index (χ0) is 15.5. The predicted molar refractivity (Wildman–Crippen MR) is 69.5 cm³/mol. The van der Waals surface area contributed by atoms with Gasteiger partial charge in [0.25, 0.3) is 0 Å². The molecule has 0 spiro atoms. The van der Waals surface area contributed by atoms with Crippen molar-refractivity contribution in [3.63, 3.8) is 0 Å². The van der Waals surface area contributed by atoms with E-state index < -0.39 is 18.2 Å². The number of aromatic nitrogens is 1. The Kier molecular flexibility index (Phi) is 4.69. The third-order valence-corrected chi connectivity index (χ3v) is 3.68. The molecule has 1 aliphatic rings. The highest BCUT2D eigenvalue weighted by Gasteiger charge is 2.41. The van der Waals surface area contributed by atoms with Gasteiger partial charge in [-0.25, -0.2) is 4.79 Å². The summed E-state index contributed by atoms with van der Waals surface area (Å²) in [4.78, 5) is 17.2. The van der Waals surface area contributed by atoms with Crippen LogP contribution in [0.5, 0.6) is 0 Å². The number of ether oxygens (including phenoxy) is 1. The van der Waals surface area contributed by atoms with Gasteiger partial charge in [-0.2, -0.15) is 13.2 Å². The number of carbonyl (C=O) groups excluding carboxylic acids is 1. The van der Waals surface area contributed by atoms with Gasteiger partial charge in [0.2, 0.25) is 0 Å². The molecule has 0 N–H and O–H groups in total. The first-order valence-electron chi connectivity index (χ1n) is 6.77. The summed E-state index contributed by atoms with van der Waals surface area (Å²) in [7, 11) is 0. The molecule has 0 saturated carbocycles. The molecule has 0 aliphatic carbocycles. The van der Waals surface area contributed by atoms with Crippen LogP contribution in [0.1, 0.15) is 24.1 Å². The first-order valence-corrected chi connectivity index (χ1v) is 6.77. The highest BCUT2D eigenvalue weighted by molar-refractivity contribution is 5.67. The number of hydrogen-bond donors (Lipinski definition) is 0. The maximum atomic E-state index is 12.5. The minimum absolute atomic E-state index is 0.0650. The molecule has 7 heteroatoms. The van der Waals surface area contributed by atoms with E-state index in [4.69, 9.17) is 4.74 Å². The molecule has 1 aromatic heterocycles. The maximum Gasteiger partial charge on any atom is 0.410 e. The summed E-state index contributed by atoms with van der Waals surface area (Å²) in [6, 6.07) is 3.54. The number of carbonyl (C=O) groups is 1. The molecule has 2 rings (SSSR count). The van der Waals surface area contributed by atoms with Crippen molar-refractivity contribution in [2.24, 2.45) is 5.92 Å². The minimum atomic E-state index is -4.18. The molecule has 2 heterocycles. The van der Waals surface area contributed by atoms with Gasteiger partial charge in [0, 0.05) is 30.5 Å². The van der Waals surface area contributed by atoms with E-state index in [-0.39, 0.29) is 32.5 Å². The molecule has 0 aromatic carbocycles.